The van der Waals surface area contributed by atoms with Crippen molar-refractivity contribution in [3.8, 4) is 51.9 Å². The van der Waals surface area contributed by atoms with Gasteiger partial charge in [-0.1, -0.05) is 158 Å². The smallest absolute Gasteiger partial charge is 0.238 e. The van der Waals surface area contributed by atoms with Crippen molar-refractivity contribution in [3.05, 3.63) is 236 Å². The molecule has 0 fully saturated rings. The zero-order chi connectivity index (χ0) is 47.4. The Morgan fingerprint density at radius 3 is 1.21 bits per heavy atom. The molecule has 0 aliphatic heterocycles. The van der Waals surface area contributed by atoms with Gasteiger partial charge in [0, 0.05) is 65.6 Å². The predicted octanol–water partition coefficient (Wildman–Crippen LogP) is 15.5. The van der Waals surface area contributed by atoms with Crippen LogP contribution in [-0.2, 0) is 0 Å². The van der Waals surface area contributed by atoms with Crippen LogP contribution in [0, 0.1) is 11.3 Å². The van der Waals surface area contributed by atoms with Crippen LogP contribution in [0.25, 0.3) is 133 Å². The van der Waals surface area contributed by atoms with E-state index in [1.54, 1.807) is 0 Å². The first kappa shape index (κ1) is 39.9. The lowest BCUT2D eigenvalue weighted by Gasteiger charge is -2.17. The second-order valence-corrected chi connectivity index (χ2v) is 18.3. The number of hydrogen-bond acceptors (Lipinski definition) is 4. The van der Waals surface area contributed by atoms with Crippen molar-refractivity contribution in [2.75, 3.05) is 0 Å². The maximum absolute atomic E-state index is 10.7. The molecule has 10 aromatic carbocycles. The minimum Gasteiger partial charge on any atom is -0.308 e. The monoisotopic (exact) mass is 918 g/mol. The molecule has 0 aliphatic rings. The normalized spacial score (nSPS) is 11.9. The van der Waals surface area contributed by atoms with E-state index in [1.165, 1.54) is 5.39 Å². The second-order valence-electron chi connectivity index (χ2n) is 18.3. The van der Waals surface area contributed by atoms with E-state index in [4.69, 9.17) is 15.0 Å². The molecule has 8 nitrogen and oxygen atoms in total. The van der Waals surface area contributed by atoms with Gasteiger partial charge in [-0.25, -0.2) is 4.98 Å². The Morgan fingerprint density at radius 1 is 0.333 bits per heavy atom. The van der Waals surface area contributed by atoms with E-state index in [9.17, 15) is 5.26 Å². The lowest BCUT2D eigenvalue weighted by molar-refractivity contribution is 0.951. The molecule has 5 heterocycles. The summed E-state index contributed by atoms with van der Waals surface area (Å²) < 4.78 is 9.44. The molecule has 5 aromatic heterocycles. The standard InChI is InChI=1S/C64H38N8/c65-39-40-36-37-55(49(38-40)63-66-62(41-20-4-1-5-21-41)67-64(68-63)72-50-31-15-10-26-44(50)45-27-11-16-32-51(45)72)71-54-35-19-14-30-48(54)58-60-56(46-28-12-17-33-52(46)69(60)42-22-6-2-7-23-42)59-57(61(58)71)47-29-13-18-34-53(47)70(59)43-24-8-3-9-25-43/h1-38H. The highest BCUT2D eigenvalue weighted by molar-refractivity contribution is 6.40. The molecule has 334 valence electrons. The Hall–Kier alpha value is -10.1. The van der Waals surface area contributed by atoms with Crippen LogP contribution in [0.5, 0.6) is 0 Å². The van der Waals surface area contributed by atoms with Gasteiger partial charge in [-0.3, -0.25) is 4.57 Å². The Morgan fingerprint density at radius 2 is 0.722 bits per heavy atom. The van der Waals surface area contributed by atoms with Crippen LogP contribution < -0.4 is 0 Å². The topological polar surface area (TPSA) is 82.2 Å². The fraction of sp³-hybridized carbons (Fsp3) is 0. The van der Waals surface area contributed by atoms with E-state index in [2.05, 4.69) is 212 Å². The largest absolute Gasteiger partial charge is 0.308 e. The third-order valence-corrected chi connectivity index (χ3v) is 14.4. The van der Waals surface area contributed by atoms with Gasteiger partial charge in [0.05, 0.1) is 61.5 Å². The molecule has 15 rings (SSSR count). The summed E-state index contributed by atoms with van der Waals surface area (Å²) in [5.41, 5.74) is 13.5. The molecule has 0 unspecified atom stereocenters. The van der Waals surface area contributed by atoms with E-state index in [1.807, 2.05) is 42.5 Å². The number of fused-ring (bicyclic) bond motifs is 15. The van der Waals surface area contributed by atoms with Crippen LogP contribution in [0.4, 0.5) is 0 Å². The molecule has 72 heavy (non-hydrogen) atoms. The summed E-state index contributed by atoms with van der Waals surface area (Å²) in [5.74, 6) is 1.45. The van der Waals surface area contributed by atoms with E-state index >= 15 is 0 Å². The summed E-state index contributed by atoms with van der Waals surface area (Å²) in [6, 6.07) is 83.0. The molecule has 0 aliphatic carbocycles. The van der Waals surface area contributed by atoms with Crippen LogP contribution in [0.3, 0.4) is 0 Å². The fourth-order valence-corrected chi connectivity index (χ4v) is 11.5. The van der Waals surface area contributed by atoms with Crippen molar-refractivity contribution in [2.24, 2.45) is 0 Å². The van der Waals surface area contributed by atoms with E-state index in [-0.39, 0.29) is 0 Å². The third-order valence-electron chi connectivity index (χ3n) is 14.4. The van der Waals surface area contributed by atoms with Gasteiger partial charge in [0.15, 0.2) is 11.6 Å². The lowest BCUT2D eigenvalue weighted by atomic mass is 10.0. The van der Waals surface area contributed by atoms with Gasteiger partial charge in [0.25, 0.3) is 0 Å². The average Bonchev–Trinajstić information content (AvgIpc) is 4.20. The van der Waals surface area contributed by atoms with Crippen LogP contribution >= 0.6 is 0 Å². The van der Waals surface area contributed by atoms with Crippen molar-refractivity contribution in [1.29, 1.82) is 5.26 Å². The molecule has 0 saturated heterocycles. The number of benzene rings is 10. The molecule has 0 atom stereocenters. The van der Waals surface area contributed by atoms with Gasteiger partial charge in [-0.15, -0.1) is 0 Å². The Balaban J connectivity index is 1.15. The highest BCUT2D eigenvalue weighted by Crippen LogP contribution is 2.51. The zero-order valence-corrected chi connectivity index (χ0v) is 38.5. The first-order chi connectivity index (χ1) is 35.7. The molecular weight excluding hydrogens is 881 g/mol. The molecule has 0 bridgehead atoms. The first-order valence-corrected chi connectivity index (χ1v) is 24.1. The highest BCUT2D eigenvalue weighted by atomic mass is 15.2. The van der Waals surface area contributed by atoms with E-state index in [0.717, 1.165) is 104 Å². The van der Waals surface area contributed by atoms with Gasteiger partial charge >= 0.3 is 0 Å². The minimum atomic E-state index is 0.446. The Kier molecular flexibility index (Phi) is 8.55. The summed E-state index contributed by atoms with van der Waals surface area (Å²) >= 11 is 0. The van der Waals surface area contributed by atoms with Crippen LogP contribution in [-0.4, -0.2) is 33.2 Å². The maximum atomic E-state index is 10.7. The highest BCUT2D eigenvalue weighted by Gasteiger charge is 2.30. The predicted molar refractivity (Wildman–Crippen MR) is 293 cm³/mol. The maximum Gasteiger partial charge on any atom is 0.238 e. The van der Waals surface area contributed by atoms with Gasteiger partial charge in [-0.2, -0.15) is 15.2 Å². The number of rotatable bonds is 6. The SMILES string of the molecule is N#Cc1ccc(-n2c3ccccc3c3c4c(c5ccccc5n4-c4ccccc4)c4c(c5ccccc5n4-c4ccccc4)c32)c(-c2nc(-c3ccccc3)nc(-n3c4ccccc4c4ccccc43)n2)c1. The number of hydrogen-bond donors (Lipinski definition) is 0. The first-order valence-electron chi connectivity index (χ1n) is 24.1. The van der Waals surface area contributed by atoms with Crippen LogP contribution in [0.15, 0.2) is 231 Å². The third kappa shape index (κ3) is 5.64. The Labute approximate surface area is 411 Å². The Bertz CT molecular complexity index is 4620. The summed E-state index contributed by atoms with van der Waals surface area (Å²) in [5, 5.41) is 19.7. The van der Waals surface area contributed by atoms with Crippen molar-refractivity contribution >= 4 is 87.2 Å². The second kappa shape index (κ2) is 15.5. The van der Waals surface area contributed by atoms with Gasteiger partial charge < -0.3 is 13.7 Å². The summed E-state index contributed by atoms with van der Waals surface area (Å²) in [6.07, 6.45) is 0. The molecule has 0 amide bonds. The molecule has 15 aromatic rings. The van der Waals surface area contributed by atoms with Crippen molar-refractivity contribution < 1.29 is 0 Å². The van der Waals surface area contributed by atoms with Crippen LogP contribution in [0.1, 0.15) is 5.56 Å². The number of nitrogens with zero attached hydrogens (tertiary/aromatic N) is 8. The number of aromatic nitrogens is 7. The molecule has 0 N–H and O–H groups in total. The van der Waals surface area contributed by atoms with Crippen molar-refractivity contribution in [1.82, 2.24) is 33.2 Å². The molecule has 8 heteroatoms. The van der Waals surface area contributed by atoms with Crippen molar-refractivity contribution in [2.45, 2.75) is 0 Å². The fourth-order valence-electron chi connectivity index (χ4n) is 11.5. The van der Waals surface area contributed by atoms with Crippen molar-refractivity contribution in [3.63, 3.8) is 0 Å². The summed E-state index contributed by atoms with van der Waals surface area (Å²) in [6.45, 7) is 0. The van der Waals surface area contributed by atoms with Gasteiger partial charge in [0.2, 0.25) is 5.95 Å². The summed E-state index contributed by atoms with van der Waals surface area (Å²) in [7, 11) is 0. The zero-order valence-electron chi connectivity index (χ0n) is 38.5. The average molecular weight is 919 g/mol. The molecule has 0 radical (unpaired) electrons. The van der Waals surface area contributed by atoms with Crippen LogP contribution in [0.2, 0.25) is 0 Å². The number of nitriles is 1. The van der Waals surface area contributed by atoms with Gasteiger partial charge in [0.1, 0.15) is 0 Å². The molecular formula is C64H38N8. The molecule has 0 spiro atoms. The van der Waals surface area contributed by atoms with E-state index < -0.39 is 0 Å². The van der Waals surface area contributed by atoms with Gasteiger partial charge in [-0.05, 0) is 72.8 Å². The minimum absolute atomic E-state index is 0.446. The molecule has 0 saturated carbocycles. The number of para-hydroxylation sites is 7. The quantitative estimate of drug-likeness (QED) is 0.166. The lowest BCUT2D eigenvalue weighted by Crippen LogP contribution is -2.08. The summed E-state index contributed by atoms with van der Waals surface area (Å²) in [4.78, 5) is 16.1. The van der Waals surface area contributed by atoms with E-state index in [0.29, 0.717) is 28.7 Å².